The lowest BCUT2D eigenvalue weighted by Gasteiger charge is -2.23. The highest BCUT2D eigenvalue weighted by molar-refractivity contribution is 6.27. The van der Waals surface area contributed by atoms with E-state index in [9.17, 15) is 5.26 Å². The minimum Gasteiger partial charge on any atom is -0.307 e. The molecule has 6 aromatic rings. The number of benzene rings is 3. The van der Waals surface area contributed by atoms with E-state index in [0.29, 0.717) is 5.92 Å². The Balaban J connectivity index is 1.82. The number of nitriles is 1. The van der Waals surface area contributed by atoms with Crippen LogP contribution in [0, 0.1) is 25.2 Å². The summed E-state index contributed by atoms with van der Waals surface area (Å²) in [6, 6.07) is 18.4. The molecule has 7 rings (SSSR count). The van der Waals surface area contributed by atoms with E-state index in [1.807, 2.05) is 0 Å². The van der Waals surface area contributed by atoms with Crippen LogP contribution in [0.3, 0.4) is 0 Å². The molecule has 3 aromatic carbocycles. The molecular formula is C31H28N3+. The molecule has 0 N–H and O–H groups in total. The average Bonchev–Trinajstić information content (AvgIpc) is 3.21. The Morgan fingerprint density at radius 3 is 2.50 bits per heavy atom. The Morgan fingerprint density at radius 1 is 0.912 bits per heavy atom. The Bertz CT molecular complexity index is 1820. The van der Waals surface area contributed by atoms with E-state index in [0.717, 1.165) is 16.5 Å². The summed E-state index contributed by atoms with van der Waals surface area (Å²) in [7, 11) is 2.16. The maximum atomic E-state index is 10.2. The Hall–Kier alpha value is -3.64. The fourth-order valence-corrected chi connectivity index (χ4v) is 6.80. The van der Waals surface area contributed by atoms with Crippen LogP contribution in [-0.4, -0.2) is 4.40 Å². The van der Waals surface area contributed by atoms with Crippen molar-refractivity contribution in [3.8, 4) is 6.07 Å². The molecule has 1 fully saturated rings. The highest BCUT2D eigenvalue weighted by atomic mass is 15.0. The Kier molecular flexibility index (Phi) is 4.04. The molecule has 1 aliphatic carbocycles. The zero-order valence-electron chi connectivity index (χ0n) is 20.1. The van der Waals surface area contributed by atoms with Gasteiger partial charge in [-0.25, -0.2) is 4.57 Å². The summed E-state index contributed by atoms with van der Waals surface area (Å²) in [5.41, 5.74) is 9.51. The van der Waals surface area contributed by atoms with Crippen molar-refractivity contribution in [1.82, 2.24) is 4.40 Å². The van der Waals surface area contributed by atoms with Gasteiger partial charge in [0.05, 0.1) is 32.9 Å². The summed E-state index contributed by atoms with van der Waals surface area (Å²) in [4.78, 5) is 0. The van der Waals surface area contributed by atoms with Gasteiger partial charge in [-0.2, -0.15) is 5.26 Å². The van der Waals surface area contributed by atoms with Crippen molar-refractivity contribution in [2.75, 3.05) is 0 Å². The van der Waals surface area contributed by atoms with E-state index in [2.05, 4.69) is 84.6 Å². The second-order valence-electron chi connectivity index (χ2n) is 10.3. The highest BCUT2D eigenvalue weighted by Crippen LogP contribution is 2.44. The standard InChI is InChI=1S/C31H28N3/c1-18-19(2)27-30-28-21(13-14-33(30)3)15-22(20-9-5-4-6-10-20)16-26(28)34-25-12-8-7-11-23(25)29(31(27)34)24(18)17-32/h7-8,11-16,20H,4-6,9-10H2,1-3H3/q+1. The van der Waals surface area contributed by atoms with Crippen LogP contribution in [0.4, 0.5) is 0 Å². The number of aromatic nitrogens is 2. The molecule has 0 amide bonds. The molecular weight excluding hydrogens is 414 g/mol. The van der Waals surface area contributed by atoms with Crippen molar-refractivity contribution >= 4 is 49.0 Å². The van der Waals surface area contributed by atoms with E-state index in [4.69, 9.17) is 0 Å². The van der Waals surface area contributed by atoms with Gasteiger partial charge in [0.1, 0.15) is 13.1 Å². The number of hydrogen-bond donors (Lipinski definition) is 0. The summed E-state index contributed by atoms with van der Waals surface area (Å²) < 4.78 is 4.75. The molecule has 34 heavy (non-hydrogen) atoms. The van der Waals surface area contributed by atoms with Gasteiger partial charge in [-0.1, -0.05) is 43.5 Å². The first kappa shape index (κ1) is 19.8. The van der Waals surface area contributed by atoms with E-state index < -0.39 is 0 Å². The van der Waals surface area contributed by atoms with E-state index in [1.54, 1.807) is 0 Å². The molecule has 3 nitrogen and oxygen atoms in total. The summed E-state index contributed by atoms with van der Waals surface area (Å²) in [6.45, 7) is 4.30. The molecule has 1 aliphatic rings. The second-order valence-corrected chi connectivity index (χ2v) is 10.3. The topological polar surface area (TPSA) is 32.1 Å². The largest absolute Gasteiger partial charge is 0.307 e. The minimum atomic E-state index is 0.639. The SMILES string of the molecule is Cc1c(C#N)c2c3ccccc3n3c4cc(C5CCCCC5)cc5cc[n+](C)c(c(c1C)c23)c54. The number of nitrogens with zero attached hydrogens (tertiary/aromatic N) is 3. The third kappa shape index (κ3) is 2.38. The fourth-order valence-electron chi connectivity index (χ4n) is 6.80. The van der Waals surface area contributed by atoms with Crippen LogP contribution in [-0.2, 0) is 7.05 Å². The van der Waals surface area contributed by atoms with Crippen LogP contribution >= 0.6 is 0 Å². The van der Waals surface area contributed by atoms with Gasteiger partial charge in [-0.05, 0) is 66.8 Å². The Morgan fingerprint density at radius 2 is 1.71 bits per heavy atom. The number of para-hydroxylation sites is 1. The predicted octanol–water partition coefficient (Wildman–Crippen LogP) is 7.35. The molecule has 3 heteroatoms. The molecule has 0 unspecified atom stereocenters. The highest BCUT2D eigenvalue weighted by Gasteiger charge is 2.28. The molecule has 0 bridgehead atoms. The predicted molar refractivity (Wildman–Crippen MR) is 140 cm³/mol. The normalized spacial score (nSPS) is 15.4. The zero-order chi connectivity index (χ0) is 23.1. The summed E-state index contributed by atoms with van der Waals surface area (Å²) in [5, 5.41) is 16.4. The van der Waals surface area contributed by atoms with E-state index in [1.165, 1.54) is 86.8 Å². The van der Waals surface area contributed by atoms with Gasteiger partial charge < -0.3 is 4.40 Å². The van der Waals surface area contributed by atoms with Gasteiger partial charge >= 0.3 is 0 Å². The van der Waals surface area contributed by atoms with Crippen LogP contribution in [0.15, 0.2) is 48.7 Å². The molecule has 0 saturated heterocycles. The van der Waals surface area contributed by atoms with Crippen LogP contribution < -0.4 is 4.57 Å². The van der Waals surface area contributed by atoms with Crippen LogP contribution in [0.25, 0.3) is 49.0 Å². The number of hydrogen-bond acceptors (Lipinski definition) is 1. The smallest absolute Gasteiger partial charge is 0.224 e. The summed E-state index contributed by atoms with van der Waals surface area (Å²) in [5.74, 6) is 0.639. The first-order chi connectivity index (χ1) is 16.6. The van der Waals surface area contributed by atoms with Crippen molar-refractivity contribution in [2.24, 2.45) is 7.05 Å². The lowest BCUT2D eigenvalue weighted by molar-refractivity contribution is -0.643. The van der Waals surface area contributed by atoms with E-state index >= 15 is 0 Å². The van der Waals surface area contributed by atoms with Gasteiger partial charge in [-0.15, -0.1) is 0 Å². The number of fused-ring (bicyclic) bond motifs is 5. The first-order valence-electron chi connectivity index (χ1n) is 12.5. The van der Waals surface area contributed by atoms with Gasteiger partial charge in [-0.3, -0.25) is 0 Å². The third-order valence-corrected chi connectivity index (χ3v) is 8.58. The molecule has 3 heterocycles. The Labute approximate surface area is 199 Å². The monoisotopic (exact) mass is 442 g/mol. The average molecular weight is 443 g/mol. The molecule has 0 atom stereocenters. The number of rotatable bonds is 1. The number of pyridine rings is 2. The molecule has 0 spiro atoms. The van der Waals surface area contributed by atoms with Crippen molar-refractivity contribution < 1.29 is 4.57 Å². The molecule has 0 aliphatic heterocycles. The minimum absolute atomic E-state index is 0.639. The van der Waals surface area contributed by atoms with Crippen molar-refractivity contribution in [2.45, 2.75) is 51.9 Å². The summed E-state index contributed by atoms with van der Waals surface area (Å²) in [6.07, 6.45) is 8.81. The van der Waals surface area contributed by atoms with Crippen LogP contribution in [0.1, 0.15) is 60.3 Å². The van der Waals surface area contributed by atoms with Gasteiger partial charge in [0, 0.05) is 16.8 Å². The molecule has 166 valence electrons. The van der Waals surface area contributed by atoms with Gasteiger partial charge in [0.2, 0.25) is 5.52 Å². The maximum Gasteiger partial charge on any atom is 0.224 e. The van der Waals surface area contributed by atoms with E-state index in [-0.39, 0.29) is 0 Å². The first-order valence-corrected chi connectivity index (χ1v) is 12.5. The lowest BCUT2D eigenvalue weighted by Crippen LogP contribution is -2.29. The van der Waals surface area contributed by atoms with Gasteiger partial charge in [0.25, 0.3) is 0 Å². The fraction of sp³-hybridized carbons (Fsp3) is 0.290. The van der Waals surface area contributed by atoms with Crippen molar-refractivity contribution in [1.29, 1.82) is 5.26 Å². The van der Waals surface area contributed by atoms with Crippen LogP contribution in [0.5, 0.6) is 0 Å². The molecule has 1 saturated carbocycles. The lowest BCUT2D eigenvalue weighted by atomic mass is 9.83. The van der Waals surface area contributed by atoms with Gasteiger partial charge in [0.15, 0.2) is 6.20 Å². The van der Waals surface area contributed by atoms with Crippen molar-refractivity contribution in [3.63, 3.8) is 0 Å². The number of aryl methyl sites for hydroxylation is 2. The maximum absolute atomic E-state index is 10.2. The molecule has 3 aromatic heterocycles. The van der Waals surface area contributed by atoms with Crippen molar-refractivity contribution in [3.05, 3.63) is 70.9 Å². The second kappa shape index (κ2) is 6.93. The quantitative estimate of drug-likeness (QED) is 0.149. The third-order valence-electron chi connectivity index (χ3n) is 8.58. The molecule has 0 radical (unpaired) electrons. The zero-order valence-corrected chi connectivity index (χ0v) is 20.1. The van der Waals surface area contributed by atoms with Crippen LogP contribution in [0.2, 0.25) is 0 Å². The summed E-state index contributed by atoms with van der Waals surface area (Å²) >= 11 is 0.